The number of aliphatic hydroxyl groups excluding tert-OH is 1. The highest BCUT2D eigenvalue weighted by Gasteiger charge is 2.25. The number of benzene rings is 2. The van der Waals surface area contributed by atoms with Crippen LogP contribution in [0.2, 0.25) is 10.0 Å². The molecule has 162 valence electrons. The summed E-state index contributed by atoms with van der Waals surface area (Å²) in [5.41, 5.74) is 0.0413. The van der Waals surface area contributed by atoms with Crippen LogP contribution in [0, 0.1) is 0 Å². The second kappa shape index (κ2) is 9.36. The number of hydrogen-bond donors (Lipinski definition) is 2. The number of aliphatic hydroxyl groups is 1. The molecule has 0 amide bonds. The maximum atomic E-state index is 13.0. The number of piperidine rings is 1. The van der Waals surface area contributed by atoms with Crippen LogP contribution >= 0.6 is 23.2 Å². The van der Waals surface area contributed by atoms with Gasteiger partial charge in [-0.2, -0.15) is 0 Å². The van der Waals surface area contributed by atoms with Crippen molar-refractivity contribution in [3.63, 3.8) is 0 Å². The van der Waals surface area contributed by atoms with E-state index >= 15 is 0 Å². The summed E-state index contributed by atoms with van der Waals surface area (Å²) in [7, 11) is 0. The topological polar surface area (TPSA) is 93.5 Å². The molecular formula is C22H21Cl2N3O4. The van der Waals surface area contributed by atoms with Gasteiger partial charge in [0, 0.05) is 17.5 Å². The zero-order valence-electron chi connectivity index (χ0n) is 16.6. The fraction of sp³-hybridized carbons (Fsp3) is 0.318. The largest absolute Gasteiger partial charge is 0.456 e. The van der Waals surface area contributed by atoms with Gasteiger partial charge in [0.15, 0.2) is 5.78 Å². The van der Waals surface area contributed by atoms with Crippen LogP contribution < -0.4 is 15.6 Å². The first-order valence-corrected chi connectivity index (χ1v) is 10.7. The number of ether oxygens (including phenoxy) is 1. The average Bonchev–Trinajstić information content (AvgIpc) is 2.74. The number of carbonyl (C=O) groups is 1. The smallest absolute Gasteiger partial charge is 0.261 e. The molecule has 0 aliphatic carbocycles. The van der Waals surface area contributed by atoms with Crippen molar-refractivity contribution in [2.75, 3.05) is 6.54 Å². The van der Waals surface area contributed by atoms with Gasteiger partial charge < -0.3 is 15.2 Å². The summed E-state index contributed by atoms with van der Waals surface area (Å²) in [6, 6.07) is 9.54. The average molecular weight is 462 g/mol. The lowest BCUT2D eigenvalue weighted by Gasteiger charge is -2.28. The molecule has 1 fully saturated rings. The fourth-order valence-electron chi connectivity index (χ4n) is 3.62. The van der Waals surface area contributed by atoms with Gasteiger partial charge in [0.1, 0.15) is 11.5 Å². The number of Topliss-reactive ketones (excluding diaryl/α,β-unsaturated/α-hetero) is 1. The summed E-state index contributed by atoms with van der Waals surface area (Å²) in [4.78, 5) is 29.7. The molecule has 2 heterocycles. The van der Waals surface area contributed by atoms with Crippen molar-refractivity contribution < 1.29 is 14.6 Å². The second-order valence-electron chi connectivity index (χ2n) is 7.55. The number of carbonyl (C=O) groups excluding carboxylic acids is 1. The van der Waals surface area contributed by atoms with E-state index in [0.29, 0.717) is 38.9 Å². The van der Waals surface area contributed by atoms with Gasteiger partial charge in [-0.3, -0.25) is 14.2 Å². The first-order valence-electron chi connectivity index (χ1n) is 9.96. The zero-order valence-corrected chi connectivity index (χ0v) is 18.1. The van der Waals surface area contributed by atoms with E-state index in [1.165, 1.54) is 17.0 Å². The lowest BCUT2D eigenvalue weighted by Crippen LogP contribution is -2.46. The minimum atomic E-state index is -0.557. The summed E-state index contributed by atoms with van der Waals surface area (Å²) >= 11 is 12.2. The van der Waals surface area contributed by atoms with Crippen molar-refractivity contribution in [3.8, 4) is 11.5 Å². The Morgan fingerprint density at radius 3 is 2.77 bits per heavy atom. The Morgan fingerprint density at radius 2 is 2.03 bits per heavy atom. The summed E-state index contributed by atoms with van der Waals surface area (Å²) in [5, 5.41) is 14.4. The maximum absolute atomic E-state index is 13.0. The van der Waals surface area contributed by atoms with E-state index in [1.807, 2.05) is 0 Å². The third-order valence-corrected chi connectivity index (χ3v) is 5.81. The molecule has 0 radical (unpaired) electrons. The van der Waals surface area contributed by atoms with E-state index in [1.54, 1.807) is 30.3 Å². The van der Waals surface area contributed by atoms with E-state index < -0.39 is 6.10 Å². The molecule has 3 aromatic rings. The number of halogens is 2. The molecule has 0 bridgehead atoms. The van der Waals surface area contributed by atoms with Crippen molar-refractivity contribution in [3.05, 3.63) is 63.1 Å². The number of rotatable bonds is 6. The zero-order chi connectivity index (χ0) is 22.0. The number of fused-ring (bicyclic) bond motifs is 1. The number of nitrogens with zero attached hydrogens (tertiary/aromatic N) is 2. The molecule has 31 heavy (non-hydrogen) atoms. The molecular weight excluding hydrogens is 441 g/mol. The molecule has 0 spiro atoms. The molecule has 2 atom stereocenters. The van der Waals surface area contributed by atoms with E-state index in [2.05, 4.69) is 10.3 Å². The van der Waals surface area contributed by atoms with Gasteiger partial charge in [-0.1, -0.05) is 23.2 Å². The van der Waals surface area contributed by atoms with Crippen LogP contribution in [0.1, 0.15) is 19.3 Å². The van der Waals surface area contributed by atoms with Gasteiger partial charge in [-0.15, -0.1) is 0 Å². The number of ketones is 1. The van der Waals surface area contributed by atoms with Crippen molar-refractivity contribution in [2.24, 2.45) is 0 Å². The second-order valence-corrected chi connectivity index (χ2v) is 8.39. The Labute approximate surface area is 188 Å². The summed E-state index contributed by atoms with van der Waals surface area (Å²) < 4.78 is 7.05. The first-order chi connectivity index (χ1) is 14.9. The van der Waals surface area contributed by atoms with Gasteiger partial charge in [-0.05, 0) is 55.8 Å². The first kappa shape index (κ1) is 21.8. The van der Waals surface area contributed by atoms with Crippen LogP contribution in [0.5, 0.6) is 11.5 Å². The Kier molecular flexibility index (Phi) is 6.57. The van der Waals surface area contributed by atoms with Crippen LogP contribution in [0.4, 0.5) is 0 Å². The van der Waals surface area contributed by atoms with Crippen molar-refractivity contribution >= 4 is 39.9 Å². The van der Waals surface area contributed by atoms with Gasteiger partial charge >= 0.3 is 0 Å². The summed E-state index contributed by atoms with van der Waals surface area (Å²) in [6.07, 6.45) is 2.47. The van der Waals surface area contributed by atoms with E-state index in [4.69, 9.17) is 27.9 Å². The highest BCUT2D eigenvalue weighted by molar-refractivity contribution is 6.32. The minimum Gasteiger partial charge on any atom is -0.456 e. The monoisotopic (exact) mass is 461 g/mol. The molecule has 1 aliphatic rings. The molecule has 0 unspecified atom stereocenters. The third-order valence-electron chi connectivity index (χ3n) is 5.26. The SMILES string of the molecule is O=C(C[C@@H]1NCCC[C@H]1O)Cn1cnc2cc(Cl)c(Oc3ccc(Cl)cc3)cc2c1=O. The molecule has 2 aromatic carbocycles. The lowest BCUT2D eigenvalue weighted by atomic mass is 9.97. The maximum Gasteiger partial charge on any atom is 0.261 e. The van der Waals surface area contributed by atoms with E-state index in [9.17, 15) is 14.7 Å². The van der Waals surface area contributed by atoms with Crippen molar-refractivity contribution in [1.29, 1.82) is 0 Å². The van der Waals surface area contributed by atoms with Gasteiger partial charge in [0.2, 0.25) is 0 Å². The van der Waals surface area contributed by atoms with Crippen molar-refractivity contribution in [2.45, 2.75) is 38.0 Å². The molecule has 1 aliphatic heterocycles. The van der Waals surface area contributed by atoms with Gasteiger partial charge in [0.05, 0.1) is 34.9 Å². The normalized spacial score (nSPS) is 18.8. The lowest BCUT2D eigenvalue weighted by molar-refractivity contribution is -0.121. The highest BCUT2D eigenvalue weighted by Crippen LogP contribution is 2.32. The Balaban J connectivity index is 1.57. The molecule has 1 aromatic heterocycles. The predicted octanol–water partition coefficient (Wildman–Crippen LogP) is 3.57. The van der Waals surface area contributed by atoms with E-state index in [-0.39, 0.29) is 30.3 Å². The van der Waals surface area contributed by atoms with Crippen LogP contribution in [-0.4, -0.2) is 39.1 Å². The number of aromatic nitrogens is 2. The number of nitrogens with one attached hydrogen (secondary N) is 1. The Morgan fingerprint density at radius 1 is 1.26 bits per heavy atom. The molecule has 0 saturated carbocycles. The Hall–Kier alpha value is -2.45. The van der Waals surface area contributed by atoms with Crippen molar-refractivity contribution in [1.82, 2.24) is 14.9 Å². The summed E-state index contributed by atoms with van der Waals surface area (Å²) in [6.45, 7) is 0.645. The fourth-order valence-corrected chi connectivity index (χ4v) is 3.95. The van der Waals surface area contributed by atoms with Gasteiger partial charge in [-0.25, -0.2) is 4.98 Å². The molecule has 7 nitrogen and oxygen atoms in total. The highest BCUT2D eigenvalue weighted by atomic mass is 35.5. The van der Waals surface area contributed by atoms with Crippen LogP contribution in [0.15, 0.2) is 47.5 Å². The van der Waals surface area contributed by atoms with Crippen LogP contribution in [-0.2, 0) is 11.3 Å². The summed E-state index contributed by atoms with van der Waals surface area (Å²) in [5.74, 6) is 0.658. The van der Waals surface area contributed by atoms with Gasteiger partial charge in [0.25, 0.3) is 5.56 Å². The quantitative estimate of drug-likeness (QED) is 0.582. The van der Waals surface area contributed by atoms with Crippen LogP contribution in [0.3, 0.4) is 0 Å². The Bertz CT molecular complexity index is 1160. The molecule has 1 saturated heterocycles. The third kappa shape index (κ3) is 5.07. The van der Waals surface area contributed by atoms with Crippen LogP contribution in [0.25, 0.3) is 10.9 Å². The van der Waals surface area contributed by atoms with E-state index in [0.717, 1.165) is 13.0 Å². The molecule has 4 rings (SSSR count). The molecule has 9 heteroatoms. The standard InChI is InChI=1S/C22H21Cl2N3O4/c23-13-3-5-15(6-4-13)31-21-9-16-18(10-17(21)24)26-12-27(22(16)30)11-14(28)8-19-20(29)2-1-7-25-19/h3-6,9-10,12,19-20,25,29H,1-2,7-8,11H2/t19-,20+/m0/s1. The predicted molar refractivity (Wildman–Crippen MR) is 119 cm³/mol. The minimum absolute atomic E-state index is 0.122. The number of hydrogen-bond acceptors (Lipinski definition) is 6. The molecule has 2 N–H and O–H groups in total.